The van der Waals surface area contributed by atoms with Crippen molar-refractivity contribution < 1.29 is 0 Å². The number of hydrogen-bond acceptors (Lipinski definition) is 4. The number of hydrogen-bond donors (Lipinski definition) is 0. The summed E-state index contributed by atoms with van der Waals surface area (Å²) in [6.45, 7) is 13.5. The summed E-state index contributed by atoms with van der Waals surface area (Å²) in [6.07, 6.45) is 4.63. The Morgan fingerprint density at radius 2 is 2.05 bits per heavy atom. The smallest absolute Gasteiger partial charge is 0.214 e. The van der Waals surface area contributed by atoms with Gasteiger partial charge in [0.1, 0.15) is 0 Å². The Labute approximate surface area is 124 Å². The molecule has 5 heteroatoms. The summed E-state index contributed by atoms with van der Waals surface area (Å²) in [4.78, 5) is 8.15. The standard InChI is InChI=1S/C15H24N4S/c1-14(2,3)11-9-19-12(16-11)20-13(17-19)18-8-6-7-15(4,5)10-18/h9H,6-8,10H2,1-5H3. The minimum Gasteiger partial charge on any atom is -0.346 e. The van der Waals surface area contributed by atoms with Crippen LogP contribution in [0.25, 0.3) is 4.96 Å². The third-order valence-corrected chi connectivity index (χ3v) is 4.96. The average molecular weight is 292 g/mol. The topological polar surface area (TPSA) is 33.4 Å². The minimum atomic E-state index is 0.0840. The molecule has 0 aromatic carbocycles. The maximum absolute atomic E-state index is 4.73. The van der Waals surface area contributed by atoms with E-state index in [4.69, 9.17) is 10.1 Å². The van der Waals surface area contributed by atoms with Gasteiger partial charge in [0.15, 0.2) is 0 Å². The van der Waals surface area contributed by atoms with Crippen LogP contribution in [0.3, 0.4) is 0 Å². The van der Waals surface area contributed by atoms with Gasteiger partial charge in [-0.1, -0.05) is 46.0 Å². The second kappa shape index (κ2) is 4.45. The lowest BCUT2D eigenvalue weighted by Crippen LogP contribution is -2.40. The normalized spacial score (nSPS) is 19.8. The zero-order valence-corrected chi connectivity index (χ0v) is 13.9. The van der Waals surface area contributed by atoms with Crippen molar-refractivity contribution in [2.75, 3.05) is 18.0 Å². The van der Waals surface area contributed by atoms with E-state index < -0.39 is 0 Å². The molecule has 2 aromatic heterocycles. The van der Waals surface area contributed by atoms with Crippen molar-refractivity contribution in [2.45, 2.75) is 52.9 Å². The fourth-order valence-electron chi connectivity index (χ4n) is 2.77. The number of imidazole rings is 1. The van der Waals surface area contributed by atoms with E-state index >= 15 is 0 Å². The number of rotatable bonds is 1. The summed E-state index contributed by atoms with van der Waals surface area (Å²) in [6, 6.07) is 0. The molecule has 1 aliphatic heterocycles. The molecule has 20 heavy (non-hydrogen) atoms. The van der Waals surface area contributed by atoms with Gasteiger partial charge < -0.3 is 4.90 Å². The van der Waals surface area contributed by atoms with Crippen LogP contribution in [0.4, 0.5) is 5.13 Å². The van der Waals surface area contributed by atoms with Gasteiger partial charge in [-0.2, -0.15) is 0 Å². The number of fused-ring (bicyclic) bond motifs is 1. The highest BCUT2D eigenvalue weighted by Gasteiger charge is 2.28. The molecule has 0 unspecified atom stereocenters. The molecular weight excluding hydrogens is 268 g/mol. The van der Waals surface area contributed by atoms with E-state index in [-0.39, 0.29) is 5.41 Å². The maximum Gasteiger partial charge on any atom is 0.214 e. The first-order chi connectivity index (χ1) is 9.24. The van der Waals surface area contributed by atoms with Crippen molar-refractivity contribution in [2.24, 2.45) is 5.41 Å². The van der Waals surface area contributed by atoms with E-state index in [1.807, 2.05) is 4.52 Å². The Morgan fingerprint density at radius 3 is 2.65 bits per heavy atom. The highest BCUT2D eigenvalue weighted by atomic mass is 32.1. The molecule has 4 nitrogen and oxygen atoms in total. The van der Waals surface area contributed by atoms with Gasteiger partial charge in [0.2, 0.25) is 10.1 Å². The summed E-state index contributed by atoms with van der Waals surface area (Å²) < 4.78 is 1.95. The summed E-state index contributed by atoms with van der Waals surface area (Å²) in [7, 11) is 0. The molecule has 0 spiro atoms. The van der Waals surface area contributed by atoms with Gasteiger partial charge in [-0.05, 0) is 18.3 Å². The highest BCUT2D eigenvalue weighted by molar-refractivity contribution is 7.20. The highest BCUT2D eigenvalue weighted by Crippen LogP contribution is 2.34. The summed E-state index contributed by atoms with van der Waals surface area (Å²) in [5.41, 5.74) is 1.59. The molecule has 3 rings (SSSR count). The van der Waals surface area contributed by atoms with E-state index in [0.717, 1.165) is 28.9 Å². The van der Waals surface area contributed by atoms with Gasteiger partial charge >= 0.3 is 0 Å². The molecule has 110 valence electrons. The van der Waals surface area contributed by atoms with E-state index in [1.165, 1.54) is 12.8 Å². The fraction of sp³-hybridized carbons (Fsp3) is 0.733. The van der Waals surface area contributed by atoms with Gasteiger partial charge in [0.05, 0.1) is 11.9 Å². The van der Waals surface area contributed by atoms with Crippen LogP contribution < -0.4 is 4.90 Å². The molecule has 1 fully saturated rings. The van der Waals surface area contributed by atoms with Crippen molar-refractivity contribution in [3.8, 4) is 0 Å². The molecule has 2 aromatic rings. The molecule has 0 saturated carbocycles. The van der Waals surface area contributed by atoms with Crippen LogP contribution in [0, 0.1) is 5.41 Å². The molecule has 0 bridgehead atoms. The summed E-state index contributed by atoms with van der Waals surface area (Å²) in [5, 5.41) is 5.85. The van der Waals surface area contributed by atoms with Gasteiger partial charge in [0.25, 0.3) is 0 Å². The van der Waals surface area contributed by atoms with E-state index in [0.29, 0.717) is 5.41 Å². The largest absolute Gasteiger partial charge is 0.346 e. The van der Waals surface area contributed by atoms with Crippen molar-refractivity contribution in [3.05, 3.63) is 11.9 Å². The second-order valence-corrected chi connectivity index (χ2v) is 8.61. The lowest BCUT2D eigenvalue weighted by atomic mass is 9.84. The van der Waals surface area contributed by atoms with Crippen molar-refractivity contribution >= 4 is 21.4 Å². The lowest BCUT2D eigenvalue weighted by Gasteiger charge is -2.37. The monoisotopic (exact) mass is 292 g/mol. The number of piperidine rings is 1. The molecule has 0 aliphatic carbocycles. The molecule has 1 aliphatic rings. The van der Waals surface area contributed by atoms with Gasteiger partial charge in [-0.15, -0.1) is 5.10 Å². The van der Waals surface area contributed by atoms with Crippen LogP contribution in [0.2, 0.25) is 0 Å². The Bertz CT molecular complexity index is 586. The first kappa shape index (κ1) is 13.9. The van der Waals surface area contributed by atoms with E-state index in [9.17, 15) is 0 Å². The maximum atomic E-state index is 4.73. The average Bonchev–Trinajstić information content (AvgIpc) is 2.83. The van der Waals surface area contributed by atoms with E-state index in [2.05, 4.69) is 45.7 Å². The quantitative estimate of drug-likeness (QED) is 0.803. The van der Waals surface area contributed by atoms with Crippen molar-refractivity contribution in [3.63, 3.8) is 0 Å². The zero-order chi connectivity index (χ0) is 14.5. The molecule has 0 radical (unpaired) electrons. The van der Waals surface area contributed by atoms with Crippen molar-refractivity contribution in [1.29, 1.82) is 0 Å². The summed E-state index contributed by atoms with van der Waals surface area (Å²) in [5.74, 6) is 0. The Balaban J connectivity index is 1.88. The van der Waals surface area contributed by atoms with Gasteiger partial charge in [-0.3, -0.25) is 0 Å². The molecule has 1 saturated heterocycles. The molecule has 0 atom stereocenters. The number of aromatic nitrogens is 3. The van der Waals surface area contributed by atoms with Crippen LogP contribution in [0.1, 0.15) is 53.2 Å². The van der Waals surface area contributed by atoms with Crippen molar-refractivity contribution in [1.82, 2.24) is 14.6 Å². The van der Waals surface area contributed by atoms with Gasteiger partial charge in [-0.25, -0.2) is 9.50 Å². The Hall–Kier alpha value is -1.10. The summed E-state index contributed by atoms with van der Waals surface area (Å²) >= 11 is 1.71. The van der Waals surface area contributed by atoms with Crippen LogP contribution in [0.15, 0.2) is 6.20 Å². The first-order valence-electron chi connectivity index (χ1n) is 7.36. The molecule has 0 N–H and O–H groups in total. The van der Waals surface area contributed by atoms with Crippen LogP contribution in [-0.4, -0.2) is 27.7 Å². The Kier molecular flexibility index (Phi) is 3.08. The predicted octanol–water partition coefficient (Wildman–Crippen LogP) is 3.71. The lowest BCUT2D eigenvalue weighted by molar-refractivity contribution is 0.292. The van der Waals surface area contributed by atoms with Crippen LogP contribution >= 0.6 is 11.3 Å². The molecule has 3 heterocycles. The molecule has 0 amide bonds. The Morgan fingerprint density at radius 1 is 1.30 bits per heavy atom. The molecular formula is C15H24N4S. The first-order valence-corrected chi connectivity index (χ1v) is 8.18. The number of nitrogens with zero attached hydrogens (tertiary/aromatic N) is 4. The van der Waals surface area contributed by atoms with Gasteiger partial charge in [0, 0.05) is 18.5 Å². The predicted molar refractivity (Wildman–Crippen MR) is 84.8 cm³/mol. The van der Waals surface area contributed by atoms with Crippen LogP contribution in [0.5, 0.6) is 0 Å². The van der Waals surface area contributed by atoms with Crippen LogP contribution in [-0.2, 0) is 5.41 Å². The van der Waals surface area contributed by atoms with E-state index in [1.54, 1.807) is 11.3 Å². The SMILES string of the molecule is CC1(C)CCCN(c2nn3cc(C(C)(C)C)nc3s2)C1. The number of anilines is 1. The minimum absolute atomic E-state index is 0.0840. The third kappa shape index (κ3) is 2.55. The zero-order valence-electron chi connectivity index (χ0n) is 13.1. The fourth-order valence-corrected chi connectivity index (χ4v) is 3.67. The second-order valence-electron chi connectivity index (χ2n) is 7.68. The third-order valence-electron chi connectivity index (χ3n) is 3.97.